The lowest BCUT2D eigenvalue weighted by molar-refractivity contribution is -0.152. The molecule has 0 spiro atoms. The van der Waals surface area contributed by atoms with Crippen LogP contribution >= 0.6 is 0 Å². The third kappa shape index (κ3) is 13.4. The van der Waals surface area contributed by atoms with Gasteiger partial charge in [0.25, 0.3) is 0 Å². The fraction of sp³-hybridized carbons (Fsp3) is 0.410. The topological polar surface area (TPSA) is 97.4 Å². The highest BCUT2D eigenvalue weighted by Crippen LogP contribution is 2.24. The van der Waals surface area contributed by atoms with Crippen LogP contribution in [0.25, 0.3) is 17.2 Å². The van der Waals surface area contributed by atoms with Crippen LogP contribution in [0.1, 0.15) is 69.8 Å². The van der Waals surface area contributed by atoms with Crippen molar-refractivity contribution in [1.29, 1.82) is 0 Å². The average molecular weight is 645 g/mol. The van der Waals surface area contributed by atoms with Crippen LogP contribution in [0.2, 0.25) is 0 Å². The zero-order valence-electron chi connectivity index (χ0n) is 28.2. The summed E-state index contributed by atoms with van der Waals surface area (Å²) in [6, 6.07) is 21.8. The summed E-state index contributed by atoms with van der Waals surface area (Å²) in [4.78, 5) is 36.8. The van der Waals surface area contributed by atoms with Crippen molar-refractivity contribution < 1.29 is 38.1 Å². The van der Waals surface area contributed by atoms with Gasteiger partial charge in [-0.2, -0.15) is 0 Å². The fourth-order valence-electron chi connectivity index (χ4n) is 4.66. The molecule has 0 aromatic heterocycles. The Bertz CT molecular complexity index is 1410. The minimum atomic E-state index is -0.473. The van der Waals surface area contributed by atoms with E-state index in [0.717, 1.165) is 36.0 Å². The van der Waals surface area contributed by atoms with Gasteiger partial charge in [0.05, 0.1) is 31.3 Å². The van der Waals surface area contributed by atoms with Gasteiger partial charge in [0.15, 0.2) is 0 Å². The Morgan fingerprint density at radius 2 is 1.32 bits per heavy atom. The number of rotatable bonds is 19. The van der Waals surface area contributed by atoms with Gasteiger partial charge in [-0.15, -0.1) is 0 Å². The van der Waals surface area contributed by atoms with Gasteiger partial charge in [-0.05, 0) is 83.8 Å². The molecule has 8 nitrogen and oxygen atoms in total. The van der Waals surface area contributed by atoms with Crippen molar-refractivity contribution >= 4 is 24.0 Å². The molecule has 3 aromatic rings. The van der Waals surface area contributed by atoms with E-state index in [1.165, 1.54) is 6.08 Å². The predicted octanol–water partition coefficient (Wildman–Crippen LogP) is 8.19. The van der Waals surface area contributed by atoms with E-state index in [1.807, 2.05) is 57.2 Å². The van der Waals surface area contributed by atoms with Crippen molar-refractivity contribution in [3.05, 3.63) is 90.0 Å². The van der Waals surface area contributed by atoms with Crippen molar-refractivity contribution in [2.24, 2.45) is 17.8 Å². The van der Waals surface area contributed by atoms with Gasteiger partial charge in [-0.1, -0.05) is 77.4 Å². The van der Waals surface area contributed by atoms with E-state index >= 15 is 0 Å². The molecule has 0 heterocycles. The highest BCUT2D eigenvalue weighted by atomic mass is 16.6. The summed E-state index contributed by atoms with van der Waals surface area (Å²) < 4.78 is 27.3. The van der Waals surface area contributed by atoms with Crippen LogP contribution in [0.15, 0.2) is 78.9 Å². The standard InChI is InChI=1S/C39H48O8/c1-6-7-22-45-37(40)21-10-30-8-11-31(12-9-30)32-13-19-35(20-14-32)47-38(41)33-15-17-34(18-16-33)44-25-23-43-24-26-46-39(42)36(29(4)5)27-28(2)3/h8-21,28-29,36H,6-7,22-27H2,1-5H3/b21-10+. The first-order valence-corrected chi connectivity index (χ1v) is 16.4. The second kappa shape index (κ2) is 19.9. The van der Waals surface area contributed by atoms with Gasteiger partial charge < -0.3 is 23.7 Å². The van der Waals surface area contributed by atoms with E-state index in [1.54, 1.807) is 42.5 Å². The van der Waals surface area contributed by atoms with Gasteiger partial charge in [0.2, 0.25) is 0 Å². The van der Waals surface area contributed by atoms with E-state index < -0.39 is 5.97 Å². The maximum absolute atomic E-state index is 12.7. The third-order valence-electron chi connectivity index (χ3n) is 7.35. The number of esters is 3. The number of hydrogen-bond donors (Lipinski definition) is 0. The number of benzene rings is 3. The maximum atomic E-state index is 12.7. The molecular weight excluding hydrogens is 596 g/mol. The van der Waals surface area contributed by atoms with E-state index in [2.05, 4.69) is 13.8 Å². The Morgan fingerprint density at radius 1 is 0.702 bits per heavy atom. The van der Waals surface area contributed by atoms with Gasteiger partial charge in [0.1, 0.15) is 24.7 Å². The van der Waals surface area contributed by atoms with Crippen LogP contribution in [0, 0.1) is 17.8 Å². The Labute approximate surface area is 279 Å². The first kappa shape index (κ1) is 37.0. The highest BCUT2D eigenvalue weighted by molar-refractivity contribution is 5.91. The molecule has 0 saturated heterocycles. The zero-order valence-corrected chi connectivity index (χ0v) is 28.2. The molecule has 0 aliphatic heterocycles. The van der Waals surface area contributed by atoms with Crippen molar-refractivity contribution in [2.45, 2.75) is 53.9 Å². The second-order valence-corrected chi connectivity index (χ2v) is 12.0. The highest BCUT2D eigenvalue weighted by Gasteiger charge is 2.24. The maximum Gasteiger partial charge on any atom is 0.343 e. The summed E-state index contributed by atoms with van der Waals surface area (Å²) in [6.07, 6.45) is 5.81. The second-order valence-electron chi connectivity index (χ2n) is 12.0. The molecule has 3 aromatic carbocycles. The van der Waals surface area contributed by atoms with Crippen LogP contribution in [0.4, 0.5) is 0 Å². The Morgan fingerprint density at radius 3 is 1.94 bits per heavy atom. The molecule has 8 heteroatoms. The van der Waals surface area contributed by atoms with Gasteiger partial charge in [-0.3, -0.25) is 4.79 Å². The predicted molar refractivity (Wildman–Crippen MR) is 183 cm³/mol. The van der Waals surface area contributed by atoms with Crippen molar-refractivity contribution in [2.75, 3.05) is 33.0 Å². The van der Waals surface area contributed by atoms with Gasteiger partial charge >= 0.3 is 17.9 Å². The summed E-state index contributed by atoms with van der Waals surface area (Å²) in [6.45, 7) is 11.9. The largest absolute Gasteiger partial charge is 0.491 e. The molecule has 0 saturated carbocycles. The van der Waals surface area contributed by atoms with Gasteiger partial charge in [0, 0.05) is 6.08 Å². The van der Waals surface area contributed by atoms with Crippen LogP contribution in [0.3, 0.4) is 0 Å². The molecule has 1 unspecified atom stereocenters. The van der Waals surface area contributed by atoms with Crippen molar-refractivity contribution in [3.8, 4) is 22.6 Å². The molecule has 0 aliphatic carbocycles. The number of carbonyl (C=O) groups excluding carboxylic acids is 3. The number of ether oxygens (including phenoxy) is 5. The van der Waals surface area contributed by atoms with E-state index in [0.29, 0.717) is 49.4 Å². The van der Waals surface area contributed by atoms with Crippen LogP contribution in [0.5, 0.6) is 11.5 Å². The van der Waals surface area contributed by atoms with E-state index in [-0.39, 0.29) is 30.4 Å². The zero-order chi connectivity index (χ0) is 34.0. The quantitative estimate of drug-likeness (QED) is 0.0558. The van der Waals surface area contributed by atoms with Gasteiger partial charge in [-0.25, -0.2) is 9.59 Å². The summed E-state index contributed by atoms with van der Waals surface area (Å²) in [5, 5.41) is 0. The average Bonchev–Trinajstić information content (AvgIpc) is 3.06. The van der Waals surface area contributed by atoms with E-state index in [4.69, 9.17) is 23.7 Å². The molecule has 3 rings (SSSR count). The lowest BCUT2D eigenvalue weighted by Crippen LogP contribution is -2.25. The van der Waals surface area contributed by atoms with E-state index in [9.17, 15) is 14.4 Å². The molecule has 0 amide bonds. The molecule has 0 N–H and O–H groups in total. The Hall–Kier alpha value is -4.43. The first-order valence-electron chi connectivity index (χ1n) is 16.4. The summed E-state index contributed by atoms with van der Waals surface area (Å²) >= 11 is 0. The molecule has 47 heavy (non-hydrogen) atoms. The van der Waals surface area contributed by atoms with Crippen LogP contribution in [-0.4, -0.2) is 50.9 Å². The molecule has 0 aliphatic rings. The van der Waals surface area contributed by atoms with Crippen LogP contribution < -0.4 is 9.47 Å². The summed E-state index contributed by atoms with van der Waals surface area (Å²) in [5.41, 5.74) is 3.25. The molecule has 0 radical (unpaired) electrons. The minimum absolute atomic E-state index is 0.0986. The number of unbranched alkanes of at least 4 members (excludes halogenated alkanes) is 1. The molecule has 252 valence electrons. The SMILES string of the molecule is CCCCOC(=O)/C=C/c1ccc(-c2ccc(OC(=O)c3ccc(OCCOCCOC(=O)C(CC(C)C)C(C)C)cc3)cc2)cc1. The number of hydrogen-bond acceptors (Lipinski definition) is 8. The summed E-state index contributed by atoms with van der Waals surface area (Å²) in [7, 11) is 0. The minimum Gasteiger partial charge on any atom is -0.491 e. The molecule has 0 bridgehead atoms. The number of carbonyl (C=O) groups is 3. The lowest BCUT2D eigenvalue weighted by atomic mass is 9.88. The fourth-order valence-corrected chi connectivity index (χ4v) is 4.66. The lowest BCUT2D eigenvalue weighted by Gasteiger charge is -2.21. The first-order chi connectivity index (χ1) is 22.7. The third-order valence-corrected chi connectivity index (χ3v) is 7.35. The Kier molecular flexibility index (Phi) is 15.7. The molecule has 1 atom stereocenters. The summed E-state index contributed by atoms with van der Waals surface area (Å²) in [5.74, 6) is 0.619. The molecular formula is C39H48O8. The van der Waals surface area contributed by atoms with Crippen molar-refractivity contribution in [1.82, 2.24) is 0 Å². The van der Waals surface area contributed by atoms with Crippen molar-refractivity contribution in [3.63, 3.8) is 0 Å². The molecule has 0 fully saturated rings. The monoisotopic (exact) mass is 644 g/mol. The van der Waals surface area contributed by atoms with Crippen LogP contribution in [-0.2, 0) is 23.8 Å². The smallest absolute Gasteiger partial charge is 0.343 e. The Balaban J connectivity index is 1.37. The normalized spacial score (nSPS) is 11.9.